The predicted molar refractivity (Wildman–Crippen MR) is 110 cm³/mol. The summed E-state index contributed by atoms with van der Waals surface area (Å²) in [5, 5.41) is 0.244. The fraction of sp³-hybridized carbons (Fsp3) is 0.650. The first-order valence-electron chi connectivity index (χ1n) is 10.1. The molecule has 0 bridgehead atoms. The van der Waals surface area contributed by atoms with Gasteiger partial charge >= 0.3 is 0 Å². The van der Waals surface area contributed by atoms with Crippen LogP contribution in [0.2, 0.25) is 5.02 Å². The van der Waals surface area contributed by atoms with Crippen molar-refractivity contribution < 1.29 is 18.1 Å². The summed E-state index contributed by atoms with van der Waals surface area (Å²) in [5.74, 6) is 0.192. The van der Waals surface area contributed by atoms with Crippen molar-refractivity contribution in [2.45, 2.75) is 63.1 Å². The van der Waals surface area contributed by atoms with Gasteiger partial charge in [-0.15, -0.1) is 0 Å². The molecule has 6 nitrogen and oxygen atoms in total. The molecule has 0 radical (unpaired) electrons. The molecule has 0 unspecified atom stereocenters. The van der Waals surface area contributed by atoms with Crippen LogP contribution >= 0.6 is 11.6 Å². The second-order valence-electron chi connectivity index (χ2n) is 8.09. The van der Waals surface area contributed by atoms with E-state index in [1.807, 2.05) is 11.8 Å². The van der Waals surface area contributed by atoms with E-state index >= 15 is 0 Å². The van der Waals surface area contributed by atoms with E-state index in [1.54, 1.807) is 24.3 Å². The monoisotopic (exact) mass is 428 g/mol. The molecular weight excluding hydrogens is 398 g/mol. The first kappa shape index (κ1) is 21.6. The van der Waals surface area contributed by atoms with E-state index in [9.17, 15) is 13.2 Å². The zero-order valence-corrected chi connectivity index (χ0v) is 18.5. The van der Waals surface area contributed by atoms with E-state index in [2.05, 4.69) is 13.8 Å². The Labute approximate surface area is 173 Å². The number of carbonyl (C=O) groups excluding carboxylic acids is 1. The number of quaternary nitrogens is 1. The molecule has 0 aromatic heterocycles. The number of piperazine rings is 1. The maximum atomic E-state index is 13.1. The lowest BCUT2D eigenvalue weighted by Gasteiger charge is -2.42. The molecule has 1 amide bonds. The molecule has 28 heavy (non-hydrogen) atoms. The minimum Gasteiger partial charge on any atom is -0.332 e. The number of sulfonamides is 1. The van der Waals surface area contributed by atoms with Crippen molar-refractivity contribution in [2.24, 2.45) is 0 Å². The molecule has 1 N–H and O–H groups in total. The van der Waals surface area contributed by atoms with E-state index in [4.69, 9.17) is 11.6 Å². The Kier molecular flexibility index (Phi) is 6.69. The molecule has 2 saturated heterocycles. The van der Waals surface area contributed by atoms with Crippen molar-refractivity contribution in [1.29, 1.82) is 0 Å². The summed E-state index contributed by atoms with van der Waals surface area (Å²) in [6.45, 7) is 8.26. The van der Waals surface area contributed by atoms with E-state index < -0.39 is 10.0 Å². The van der Waals surface area contributed by atoms with Crippen LogP contribution in [-0.2, 0) is 14.8 Å². The normalized spacial score (nSPS) is 26.2. The quantitative estimate of drug-likeness (QED) is 0.788. The maximum Gasteiger partial charge on any atom is 0.281 e. The van der Waals surface area contributed by atoms with Gasteiger partial charge in [-0.1, -0.05) is 23.7 Å². The van der Waals surface area contributed by atoms with Crippen LogP contribution in [-0.4, -0.2) is 67.8 Å². The number of benzene rings is 1. The molecule has 1 aromatic rings. The van der Waals surface area contributed by atoms with Gasteiger partial charge in [0.1, 0.15) is 4.90 Å². The van der Waals surface area contributed by atoms with Crippen molar-refractivity contribution in [3.8, 4) is 0 Å². The lowest BCUT2D eigenvalue weighted by Crippen LogP contribution is -3.19. The average Bonchev–Trinajstić information content (AvgIpc) is 2.67. The predicted octanol–water partition coefficient (Wildman–Crippen LogP) is 1.41. The number of amides is 1. The Bertz CT molecular complexity index is 799. The van der Waals surface area contributed by atoms with Crippen LogP contribution in [0.15, 0.2) is 29.2 Å². The van der Waals surface area contributed by atoms with Crippen molar-refractivity contribution in [1.82, 2.24) is 9.21 Å². The number of nitrogens with one attached hydrogen (secondary N) is 1. The average molecular weight is 429 g/mol. The Morgan fingerprint density at radius 1 is 1.14 bits per heavy atom. The van der Waals surface area contributed by atoms with Crippen molar-refractivity contribution in [3.63, 3.8) is 0 Å². The molecule has 3 atom stereocenters. The second kappa shape index (κ2) is 8.69. The zero-order valence-electron chi connectivity index (χ0n) is 16.9. The molecule has 0 spiro atoms. The summed E-state index contributed by atoms with van der Waals surface area (Å²) in [6.07, 6.45) is 3.29. The van der Waals surface area contributed by atoms with Gasteiger partial charge in [-0.3, -0.25) is 4.79 Å². The number of rotatable bonds is 4. The number of carbonyl (C=O) groups is 1. The first-order chi connectivity index (χ1) is 13.2. The third-order valence-electron chi connectivity index (χ3n) is 6.25. The molecule has 2 aliphatic heterocycles. The van der Waals surface area contributed by atoms with Gasteiger partial charge < -0.3 is 9.80 Å². The van der Waals surface area contributed by atoms with Crippen molar-refractivity contribution in [2.75, 3.05) is 26.2 Å². The SMILES string of the molecule is C[C@@H]1CCC[C@@H](C)N1C(=O)[C@@H](C)[NH+]1CCN(S(=O)(=O)c2ccccc2Cl)CC1. The largest absolute Gasteiger partial charge is 0.332 e. The van der Waals surface area contributed by atoms with E-state index in [1.165, 1.54) is 10.7 Å². The number of hydrogen-bond donors (Lipinski definition) is 1. The summed E-state index contributed by atoms with van der Waals surface area (Å²) in [7, 11) is -3.61. The van der Waals surface area contributed by atoms with Crippen LogP contribution in [0, 0.1) is 0 Å². The Hall–Kier alpha value is -1.15. The van der Waals surface area contributed by atoms with Crippen LogP contribution in [0.25, 0.3) is 0 Å². The summed E-state index contributed by atoms with van der Waals surface area (Å²) in [6, 6.07) is 6.94. The minimum atomic E-state index is -3.61. The summed E-state index contributed by atoms with van der Waals surface area (Å²) in [5.41, 5.74) is 0. The Balaban J connectivity index is 1.65. The second-order valence-corrected chi connectivity index (χ2v) is 10.4. The van der Waals surface area contributed by atoms with Gasteiger partial charge in [0.15, 0.2) is 6.04 Å². The molecule has 3 rings (SSSR count). The van der Waals surface area contributed by atoms with Gasteiger partial charge in [-0.05, 0) is 52.2 Å². The van der Waals surface area contributed by atoms with Gasteiger partial charge in [0, 0.05) is 12.1 Å². The van der Waals surface area contributed by atoms with Gasteiger partial charge in [0.05, 0.1) is 31.2 Å². The standard InChI is InChI=1S/C20H30ClN3O3S/c1-15-7-6-8-16(2)24(15)20(25)17(3)22-11-13-23(14-12-22)28(26,27)19-10-5-4-9-18(19)21/h4-5,9-10,15-17H,6-8,11-14H2,1-3H3/p+1/t15-,16-,17-/m1/s1. The van der Waals surface area contributed by atoms with Crippen LogP contribution < -0.4 is 4.90 Å². The maximum absolute atomic E-state index is 13.1. The molecule has 2 fully saturated rings. The number of likely N-dealkylation sites (tertiary alicyclic amines) is 1. The van der Waals surface area contributed by atoms with Gasteiger partial charge in [-0.2, -0.15) is 4.31 Å². The number of hydrogen-bond acceptors (Lipinski definition) is 3. The van der Waals surface area contributed by atoms with E-state index in [-0.39, 0.29) is 34.0 Å². The highest BCUT2D eigenvalue weighted by atomic mass is 35.5. The number of nitrogens with zero attached hydrogens (tertiary/aromatic N) is 2. The van der Waals surface area contributed by atoms with Gasteiger partial charge in [-0.25, -0.2) is 8.42 Å². The smallest absolute Gasteiger partial charge is 0.281 e. The molecule has 2 heterocycles. The van der Waals surface area contributed by atoms with Crippen molar-refractivity contribution >= 4 is 27.5 Å². The lowest BCUT2D eigenvalue weighted by atomic mass is 9.96. The van der Waals surface area contributed by atoms with Crippen LogP contribution in [0.3, 0.4) is 0 Å². The zero-order chi connectivity index (χ0) is 20.5. The Morgan fingerprint density at radius 3 is 2.29 bits per heavy atom. The lowest BCUT2D eigenvalue weighted by molar-refractivity contribution is -0.918. The molecule has 8 heteroatoms. The molecule has 0 aliphatic carbocycles. The highest BCUT2D eigenvalue weighted by Gasteiger charge is 2.39. The molecular formula is C20H31ClN3O3S+. The molecule has 156 valence electrons. The topological polar surface area (TPSA) is 62.1 Å². The van der Waals surface area contributed by atoms with Crippen LogP contribution in [0.1, 0.15) is 40.0 Å². The summed E-state index contributed by atoms with van der Waals surface area (Å²) >= 11 is 6.10. The minimum absolute atomic E-state index is 0.153. The summed E-state index contributed by atoms with van der Waals surface area (Å²) < 4.78 is 27.3. The van der Waals surface area contributed by atoms with Crippen LogP contribution in [0.4, 0.5) is 0 Å². The third-order valence-corrected chi connectivity index (χ3v) is 8.65. The number of halogens is 1. The number of piperidine rings is 1. The van der Waals surface area contributed by atoms with E-state index in [0.29, 0.717) is 26.2 Å². The molecule has 1 aromatic carbocycles. The van der Waals surface area contributed by atoms with E-state index in [0.717, 1.165) is 17.7 Å². The summed E-state index contributed by atoms with van der Waals surface area (Å²) in [4.78, 5) is 16.5. The first-order valence-corrected chi connectivity index (χ1v) is 12.0. The Morgan fingerprint density at radius 2 is 1.71 bits per heavy atom. The van der Waals surface area contributed by atoms with Gasteiger partial charge in [0.25, 0.3) is 5.91 Å². The van der Waals surface area contributed by atoms with Crippen LogP contribution in [0.5, 0.6) is 0 Å². The third kappa shape index (κ3) is 4.22. The highest BCUT2D eigenvalue weighted by molar-refractivity contribution is 7.89. The fourth-order valence-electron chi connectivity index (χ4n) is 4.49. The highest BCUT2D eigenvalue weighted by Crippen LogP contribution is 2.25. The molecule has 0 saturated carbocycles. The fourth-order valence-corrected chi connectivity index (χ4v) is 6.43. The van der Waals surface area contributed by atoms with Gasteiger partial charge in [0.2, 0.25) is 10.0 Å². The van der Waals surface area contributed by atoms with Crippen molar-refractivity contribution in [3.05, 3.63) is 29.3 Å². The molecule has 2 aliphatic rings.